The fourth-order valence-electron chi connectivity index (χ4n) is 2.62. The summed E-state index contributed by atoms with van der Waals surface area (Å²) in [6, 6.07) is 13.9. The second-order valence-electron chi connectivity index (χ2n) is 5.82. The highest BCUT2D eigenvalue weighted by atomic mass is 32.2. The van der Waals surface area contributed by atoms with Crippen molar-refractivity contribution < 1.29 is 8.42 Å². The maximum atomic E-state index is 12.4. The second kappa shape index (κ2) is 7.75. The van der Waals surface area contributed by atoms with Crippen molar-refractivity contribution in [2.75, 3.05) is 0 Å². The number of nitrogens with one attached hydrogen (secondary N) is 1. The predicted molar refractivity (Wildman–Crippen MR) is 95.8 cm³/mol. The van der Waals surface area contributed by atoms with Crippen molar-refractivity contribution in [3.8, 4) is 0 Å². The largest absolute Gasteiger partial charge is 0.216 e. The lowest BCUT2D eigenvalue weighted by molar-refractivity contribution is 0.580. The van der Waals surface area contributed by atoms with E-state index in [0.717, 1.165) is 29.5 Å². The number of hydrogen-bond donors (Lipinski definition) is 1. The van der Waals surface area contributed by atoms with Crippen molar-refractivity contribution >= 4 is 10.0 Å². The van der Waals surface area contributed by atoms with Crippen LogP contribution < -0.4 is 4.72 Å². The lowest BCUT2D eigenvalue weighted by atomic mass is 10.0. The Morgan fingerprint density at radius 2 is 1.65 bits per heavy atom. The normalized spacial score (nSPS) is 11.6. The van der Waals surface area contributed by atoms with Crippen LogP contribution in [0.4, 0.5) is 0 Å². The summed E-state index contributed by atoms with van der Waals surface area (Å²) < 4.78 is 27.5. The van der Waals surface area contributed by atoms with Crippen molar-refractivity contribution in [1.29, 1.82) is 0 Å². The molecule has 1 N–H and O–H groups in total. The predicted octanol–water partition coefficient (Wildman–Crippen LogP) is 3.74. The molecule has 0 aliphatic heterocycles. The van der Waals surface area contributed by atoms with Crippen molar-refractivity contribution in [2.24, 2.45) is 0 Å². The molecule has 0 unspecified atom stereocenters. The molecule has 4 heteroatoms. The van der Waals surface area contributed by atoms with Crippen LogP contribution in [0.15, 0.2) is 42.5 Å². The van der Waals surface area contributed by atoms with Crippen LogP contribution >= 0.6 is 0 Å². The molecule has 0 aromatic heterocycles. The molecule has 23 heavy (non-hydrogen) atoms. The Kier molecular flexibility index (Phi) is 5.97. The van der Waals surface area contributed by atoms with Gasteiger partial charge in [-0.05, 0) is 47.6 Å². The molecular formula is C19H25NO2S. The average Bonchev–Trinajstić information content (AvgIpc) is 2.54. The highest BCUT2D eigenvalue weighted by molar-refractivity contribution is 7.88. The second-order valence-corrected chi connectivity index (χ2v) is 7.62. The Morgan fingerprint density at radius 3 is 2.30 bits per heavy atom. The summed E-state index contributed by atoms with van der Waals surface area (Å²) in [7, 11) is -3.35. The van der Waals surface area contributed by atoms with Crippen LogP contribution in [0.1, 0.15) is 41.7 Å². The summed E-state index contributed by atoms with van der Waals surface area (Å²) >= 11 is 0. The van der Waals surface area contributed by atoms with E-state index in [-0.39, 0.29) is 5.75 Å². The summed E-state index contributed by atoms with van der Waals surface area (Å²) in [5.74, 6) is 0.0224. The van der Waals surface area contributed by atoms with Crippen LogP contribution in [0.2, 0.25) is 0 Å². The minimum absolute atomic E-state index is 0.0224. The van der Waals surface area contributed by atoms with Gasteiger partial charge in [0.25, 0.3) is 0 Å². The molecule has 2 aromatic carbocycles. The van der Waals surface area contributed by atoms with E-state index in [9.17, 15) is 8.42 Å². The first-order valence-corrected chi connectivity index (χ1v) is 9.73. The molecule has 3 nitrogen and oxygen atoms in total. The zero-order valence-electron chi connectivity index (χ0n) is 14.1. The number of aryl methyl sites for hydroxylation is 3. The third kappa shape index (κ3) is 4.91. The molecule has 0 saturated heterocycles. The topological polar surface area (TPSA) is 46.2 Å². The standard InChI is InChI=1S/C19H25NO2S/c1-4-16-10-11-17(5-2)19(12-16)13-20-23(21,22)14-18-9-7-6-8-15(18)3/h6-12,20H,4-5,13-14H2,1-3H3. The van der Waals surface area contributed by atoms with Gasteiger partial charge in [-0.3, -0.25) is 0 Å². The van der Waals surface area contributed by atoms with E-state index in [1.807, 2.05) is 31.2 Å². The van der Waals surface area contributed by atoms with Gasteiger partial charge in [0.2, 0.25) is 10.0 Å². The molecule has 0 saturated carbocycles. The van der Waals surface area contributed by atoms with E-state index in [2.05, 4.69) is 36.8 Å². The minimum atomic E-state index is -3.35. The van der Waals surface area contributed by atoms with E-state index in [1.165, 1.54) is 11.1 Å². The van der Waals surface area contributed by atoms with Crippen LogP contribution in [-0.4, -0.2) is 8.42 Å². The number of rotatable bonds is 7. The molecule has 2 aromatic rings. The molecule has 0 radical (unpaired) electrons. The maximum absolute atomic E-state index is 12.4. The average molecular weight is 331 g/mol. The summed E-state index contributed by atoms with van der Waals surface area (Å²) in [4.78, 5) is 0. The molecule has 0 aliphatic carbocycles. The third-order valence-electron chi connectivity index (χ3n) is 4.15. The zero-order valence-corrected chi connectivity index (χ0v) is 14.9. The van der Waals surface area contributed by atoms with Gasteiger partial charge in [-0.15, -0.1) is 0 Å². The lowest BCUT2D eigenvalue weighted by Gasteiger charge is -2.12. The van der Waals surface area contributed by atoms with Crippen LogP contribution in [0.3, 0.4) is 0 Å². The minimum Gasteiger partial charge on any atom is -0.212 e. The molecule has 124 valence electrons. The molecule has 0 fully saturated rings. The van der Waals surface area contributed by atoms with Gasteiger partial charge in [0.1, 0.15) is 0 Å². The fourth-order valence-corrected chi connectivity index (χ4v) is 3.83. The Morgan fingerprint density at radius 1 is 0.913 bits per heavy atom. The van der Waals surface area contributed by atoms with Gasteiger partial charge in [-0.1, -0.05) is 56.3 Å². The van der Waals surface area contributed by atoms with Crippen LogP contribution in [0.25, 0.3) is 0 Å². The first kappa shape index (κ1) is 17.7. The first-order valence-electron chi connectivity index (χ1n) is 8.07. The van der Waals surface area contributed by atoms with Crippen LogP contribution in [-0.2, 0) is 35.2 Å². The Bertz CT molecular complexity index is 767. The Balaban J connectivity index is 2.12. The maximum Gasteiger partial charge on any atom is 0.216 e. The van der Waals surface area contributed by atoms with Gasteiger partial charge in [0, 0.05) is 6.54 Å². The highest BCUT2D eigenvalue weighted by Crippen LogP contribution is 2.15. The van der Waals surface area contributed by atoms with E-state index in [1.54, 1.807) is 0 Å². The number of hydrogen-bond acceptors (Lipinski definition) is 2. The monoisotopic (exact) mass is 331 g/mol. The van der Waals surface area contributed by atoms with Gasteiger partial charge >= 0.3 is 0 Å². The molecule has 0 atom stereocenters. The molecule has 0 aliphatic rings. The van der Waals surface area contributed by atoms with E-state index < -0.39 is 10.0 Å². The highest BCUT2D eigenvalue weighted by Gasteiger charge is 2.13. The molecule has 0 heterocycles. The number of benzene rings is 2. The van der Waals surface area contributed by atoms with Crippen molar-refractivity contribution in [1.82, 2.24) is 4.72 Å². The SMILES string of the molecule is CCc1ccc(CC)c(CNS(=O)(=O)Cc2ccccc2C)c1. The van der Waals surface area contributed by atoms with Gasteiger partial charge in [-0.25, -0.2) is 13.1 Å². The van der Waals surface area contributed by atoms with Gasteiger partial charge in [-0.2, -0.15) is 0 Å². The lowest BCUT2D eigenvalue weighted by Crippen LogP contribution is -2.25. The molecule has 2 rings (SSSR count). The van der Waals surface area contributed by atoms with Crippen molar-refractivity contribution in [3.63, 3.8) is 0 Å². The van der Waals surface area contributed by atoms with E-state index >= 15 is 0 Å². The van der Waals surface area contributed by atoms with E-state index in [0.29, 0.717) is 6.54 Å². The van der Waals surface area contributed by atoms with Crippen molar-refractivity contribution in [3.05, 3.63) is 70.3 Å². The van der Waals surface area contributed by atoms with Gasteiger partial charge < -0.3 is 0 Å². The smallest absolute Gasteiger partial charge is 0.212 e. The Hall–Kier alpha value is -1.65. The molecule has 0 amide bonds. The molecular weight excluding hydrogens is 306 g/mol. The fraction of sp³-hybridized carbons (Fsp3) is 0.368. The van der Waals surface area contributed by atoms with Gasteiger partial charge in [0.05, 0.1) is 5.75 Å². The number of sulfonamides is 1. The quantitative estimate of drug-likeness (QED) is 0.840. The summed E-state index contributed by atoms with van der Waals surface area (Å²) in [5, 5.41) is 0. The van der Waals surface area contributed by atoms with E-state index in [4.69, 9.17) is 0 Å². The molecule has 0 bridgehead atoms. The summed E-state index contributed by atoms with van der Waals surface area (Å²) in [6.45, 7) is 6.48. The summed E-state index contributed by atoms with van der Waals surface area (Å²) in [5.41, 5.74) is 5.34. The molecule has 0 spiro atoms. The van der Waals surface area contributed by atoms with Crippen molar-refractivity contribution in [2.45, 2.75) is 45.9 Å². The summed E-state index contributed by atoms with van der Waals surface area (Å²) in [6.07, 6.45) is 1.85. The van der Waals surface area contributed by atoms with Gasteiger partial charge in [0.15, 0.2) is 0 Å². The third-order valence-corrected chi connectivity index (χ3v) is 5.42. The van der Waals surface area contributed by atoms with Crippen LogP contribution in [0.5, 0.6) is 0 Å². The first-order chi connectivity index (χ1) is 10.9. The Labute approximate surface area is 139 Å². The van der Waals surface area contributed by atoms with Crippen LogP contribution in [0, 0.1) is 6.92 Å². The zero-order chi connectivity index (χ0) is 16.9.